The summed E-state index contributed by atoms with van der Waals surface area (Å²) in [6, 6.07) is 0. The quantitative estimate of drug-likeness (QED) is 0.896. The Morgan fingerprint density at radius 1 is 1.55 bits per heavy atom. The molecule has 7 heteroatoms. The van der Waals surface area contributed by atoms with E-state index in [9.17, 15) is 4.79 Å². The van der Waals surface area contributed by atoms with E-state index in [1.54, 1.807) is 22.2 Å². The second-order valence-electron chi connectivity index (χ2n) is 5.04. The van der Waals surface area contributed by atoms with E-state index in [0.29, 0.717) is 16.9 Å². The molecule has 1 saturated carbocycles. The Kier molecular flexibility index (Phi) is 3.89. The molecule has 0 amide bonds. The van der Waals surface area contributed by atoms with Gasteiger partial charge in [0.2, 0.25) is 0 Å². The summed E-state index contributed by atoms with van der Waals surface area (Å²) >= 11 is 4.97. The zero-order valence-electron chi connectivity index (χ0n) is 11.1. The fourth-order valence-electron chi connectivity index (χ4n) is 1.92. The maximum Gasteiger partial charge on any atom is 0.283 e. The molecule has 1 N–H and O–H groups in total. The van der Waals surface area contributed by atoms with Crippen molar-refractivity contribution in [3.05, 3.63) is 37.1 Å². The monoisotopic (exact) mass is 354 g/mol. The van der Waals surface area contributed by atoms with Crippen LogP contribution in [0, 0.1) is 12.8 Å². The average molecular weight is 355 g/mol. The van der Waals surface area contributed by atoms with Crippen molar-refractivity contribution in [3.63, 3.8) is 0 Å². The molecule has 3 rings (SSSR count). The molecule has 0 aromatic carbocycles. The molecule has 20 heavy (non-hydrogen) atoms. The normalized spacial score (nSPS) is 14.5. The molecule has 1 aliphatic carbocycles. The third kappa shape index (κ3) is 3.09. The van der Waals surface area contributed by atoms with Crippen LogP contribution in [0.5, 0.6) is 0 Å². The summed E-state index contributed by atoms with van der Waals surface area (Å²) in [6.45, 7) is 3.30. The number of hydrogen-bond acceptors (Lipinski definition) is 5. The van der Waals surface area contributed by atoms with Crippen LogP contribution in [0.2, 0.25) is 0 Å². The summed E-state index contributed by atoms with van der Waals surface area (Å²) in [5.74, 6) is 0.629. The first-order valence-electron chi connectivity index (χ1n) is 6.54. The zero-order valence-corrected chi connectivity index (χ0v) is 13.5. The maximum atomic E-state index is 12.2. The van der Waals surface area contributed by atoms with E-state index < -0.39 is 0 Å². The second-order valence-corrected chi connectivity index (χ2v) is 6.77. The molecule has 0 aliphatic heterocycles. The summed E-state index contributed by atoms with van der Waals surface area (Å²) in [7, 11) is 0. The summed E-state index contributed by atoms with van der Waals surface area (Å²) in [6.07, 6.45) is 4.11. The predicted molar refractivity (Wildman–Crippen MR) is 83.1 cm³/mol. The number of rotatable bonds is 5. The maximum absolute atomic E-state index is 12.2. The van der Waals surface area contributed by atoms with Gasteiger partial charge in [0, 0.05) is 17.6 Å². The van der Waals surface area contributed by atoms with E-state index in [1.807, 2.05) is 12.3 Å². The molecule has 1 fully saturated rings. The molecular weight excluding hydrogens is 340 g/mol. The van der Waals surface area contributed by atoms with Gasteiger partial charge < -0.3 is 5.32 Å². The Morgan fingerprint density at radius 2 is 2.35 bits per heavy atom. The first kappa shape index (κ1) is 13.8. The van der Waals surface area contributed by atoms with Crippen LogP contribution in [0.1, 0.15) is 23.5 Å². The van der Waals surface area contributed by atoms with Crippen LogP contribution < -0.4 is 10.9 Å². The Morgan fingerprint density at radius 3 is 3.00 bits per heavy atom. The van der Waals surface area contributed by atoms with E-state index in [0.717, 1.165) is 22.9 Å². The summed E-state index contributed by atoms with van der Waals surface area (Å²) in [5, 5.41) is 10.4. The van der Waals surface area contributed by atoms with Crippen LogP contribution in [0.15, 0.2) is 20.8 Å². The van der Waals surface area contributed by atoms with Crippen molar-refractivity contribution in [2.45, 2.75) is 32.9 Å². The van der Waals surface area contributed by atoms with E-state index in [4.69, 9.17) is 0 Å². The fourth-order valence-corrected chi connectivity index (χ4v) is 3.08. The van der Waals surface area contributed by atoms with Gasteiger partial charge in [0.1, 0.15) is 9.48 Å². The number of anilines is 1. The first-order chi connectivity index (χ1) is 9.63. The highest BCUT2D eigenvalue weighted by atomic mass is 79.9. The van der Waals surface area contributed by atoms with Crippen LogP contribution in [-0.2, 0) is 13.1 Å². The van der Waals surface area contributed by atoms with E-state index >= 15 is 0 Å². The smallest absolute Gasteiger partial charge is 0.283 e. The number of aryl methyl sites for hydroxylation is 1. The van der Waals surface area contributed by atoms with Crippen molar-refractivity contribution < 1.29 is 0 Å². The van der Waals surface area contributed by atoms with E-state index in [2.05, 4.69) is 31.3 Å². The molecule has 2 aromatic rings. The second kappa shape index (κ2) is 5.65. The molecule has 106 valence electrons. The van der Waals surface area contributed by atoms with Gasteiger partial charge in [-0.1, -0.05) is 0 Å². The number of halogens is 1. The van der Waals surface area contributed by atoms with Crippen molar-refractivity contribution in [2.24, 2.45) is 5.92 Å². The highest BCUT2D eigenvalue weighted by Gasteiger charge is 2.23. The molecule has 2 aromatic heterocycles. The van der Waals surface area contributed by atoms with Crippen LogP contribution in [0.4, 0.5) is 5.69 Å². The van der Waals surface area contributed by atoms with Gasteiger partial charge in [0.15, 0.2) is 0 Å². The SMILES string of the molecule is Cc1csc(CNc2cnn(CC3CC3)c(=O)c2Br)n1. The molecular formula is C13H15BrN4OS. The largest absolute Gasteiger partial charge is 0.376 e. The Bertz CT molecular complexity index is 677. The van der Waals surface area contributed by atoms with Crippen LogP contribution >= 0.6 is 27.3 Å². The van der Waals surface area contributed by atoms with Gasteiger partial charge >= 0.3 is 0 Å². The molecule has 0 atom stereocenters. The summed E-state index contributed by atoms with van der Waals surface area (Å²) in [5.41, 5.74) is 1.66. The highest BCUT2D eigenvalue weighted by molar-refractivity contribution is 9.10. The van der Waals surface area contributed by atoms with Crippen LogP contribution in [0.25, 0.3) is 0 Å². The molecule has 2 heterocycles. The topological polar surface area (TPSA) is 59.8 Å². The average Bonchev–Trinajstić information content (AvgIpc) is 3.15. The summed E-state index contributed by atoms with van der Waals surface area (Å²) < 4.78 is 2.09. The van der Waals surface area contributed by atoms with E-state index in [1.165, 1.54) is 12.8 Å². The number of hydrogen-bond donors (Lipinski definition) is 1. The van der Waals surface area contributed by atoms with Gasteiger partial charge in [-0.15, -0.1) is 11.3 Å². The number of nitrogens with zero attached hydrogens (tertiary/aromatic N) is 3. The predicted octanol–water partition coefficient (Wildman–Crippen LogP) is 2.79. The van der Waals surface area contributed by atoms with Gasteiger partial charge in [0.25, 0.3) is 5.56 Å². The van der Waals surface area contributed by atoms with Crippen LogP contribution in [-0.4, -0.2) is 14.8 Å². The van der Waals surface area contributed by atoms with Crippen molar-refractivity contribution >= 4 is 33.0 Å². The molecule has 1 aliphatic rings. The van der Waals surface area contributed by atoms with Crippen molar-refractivity contribution in [3.8, 4) is 0 Å². The lowest BCUT2D eigenvalue weighted by Gasteiger charge is -2.09. The third-order valence-electron chi connectivity index (χ3n) is 3.21. The lowest BCUT2D eigenvalue weighted by Crippen LogP contribution is -2.25. The van der Waals surface area contributed by atoms with Crippen molar-refractivity contribution in [1.82, 2.24) is 14.8 Å². The molecule has 5 nitrogen and oxygen atoms in total. The lowest BCUT2D eigenvalue weighted by atomic mass is 10.4. The first-order valence-corrected chi connectivity index (χ1v) is 8.21. The summed E-state index contributed by atoms with van der Waals surface area (Å²) in [4.78, 5) is 16.5. The number of thiazole rings is 1. The molecule has 0 radical (unpaired) electrons. The van der Waals surface area contributed by atoms with Gasteiger partial charge in [0.05, 0.1) is 18.4 Å². The van der Waals surface area contributed by atoms with E-state index in [-0.39, 0.29) is 5.56 Å². The highest BCUT2D eigenvalue weighted by Crippen LogP contribution is 2.30. The Labute approximate surface area is 129 Å². The fraction of sp³-hybridized carbons (Fsp3) is 0.462. The zero-order chi connectivity index (χ0) is 14.1. The van der Waals surface area contributed by atoms with Gasteiger partial charge in [-0.05, 0) is 41.6 Å². The lowest BCUT2D eigenvalue weighted by molar-refractivity contribution is 0.532. The van der Waals surface area contributed by atoms with Gasteiger partial charge in [-0.3, -0.25) is 4.79 Å². The molecule has 0 saturated heterocycles. The van der Waals surface area contributed by atoms with Crippen molar-refractivity contribution in [2.75, 3.05) is 5.32 Å². The minimum atomic E-state index is -0.0720. The van der Waals surface area contributed by atoms with Gasteiger partial charge in [-0.25, -0.2) is 9.67 Å². The van der Waals surface area contributed by atoms with Crippen molar-refractivity contribution in [1.29, 1.82) is 0 Å². The molecule has 0 unspecified atom stereocenters. The van der Waals surface area contributed by atoms with Gasteiger partial charge in [-0.2, -0.15) is 5.10 Å². The van der Waals surface area contributed by atoms with Crippen LogP contribution in [0.3, 0.4) is 0 Å². The minimum absolute atomic E-state index is 0.0720. The third-order valence-corrected chi connectivity index (χ3v) is 4.94. The molecule has 0 bridgehead atoms. The standard InChI is InChI=1S/C13H15BrN4OS/c1-8-7-20-11(17-8)5-15-10-4-16-18(6-9-2-3-9)13(19)12(10)14/h4,7,9,15H,2-3,5-6H2,1H3. The Hall–Kier alpha value is -1.21. The minimum Gasteiger partial charge on any atom is -0.376 e. The number of aromatic nitrogens is 3. The Balaban J connectivity index is 1.73. The number of nitrogens with one attached hydrogen (secondary N) is 1. The molecule has 0 spiro atoms.